The quantitative estimate of drug-likeness (QED) is 0.898. The molecule has 0 aliphatic carbocycles. The van der Waals surface area contributed by atoms with Crippen molar-refractivity contribution in [3.05, 3.63) is 42.0 Å². The zero-order chi connectivity index (χ0) is 15.6. The number of nitrogens with two attached hydrogens (primary N) is 1. The Hall–Kier alpha value is -1.50. The molecule has 122 valence electrons. The first-order valence-electron chi connectivity index (χ1n) is 6.51. The van der Waals surface area contributed by atoms with E-state index in [1.54, 1.807) is 43.3 Å². The van der Waals surface area contributed by atoms with Crippen LogP contribution in [0.3, 0.4) is 0 Å². The summed E-state index contributed by atoms with van der Waals surface area (Å²) < 4.78 is 43.6. The van der Waals surface area contributed by atoms with E-state index in [0.717, 1.165) is 5.39 Å². The third kappa shape index (κ3) is 3.63. The lowest BCUT2D eigenvalue weighted by atomic mass is 9.94. The Balaban J connectivity index is 0.00000242. The van der Waals surface area contributed by atoms with Gasteiger partial charge in [-0.05, 0) is 23.8 Å². The number of aliphatic hydroxyl groups is 1. The van der Waals surface area contributed by atoms with Crippen molar-refractivity contribution >= 4 is 23.2 Å². The minimum absolute atomic E-state index is 0. The Bertz CT molecular complexity index is 634. The van der Waals surface area contributed by atoms with Crippen LogP contribution in [0.4, 0.5) is 13.2 Å². The maximum atomic E-state index is 12.7. The average molecular weight is 336 g/mol. The molecule has 0 aliphatic rings. The van der Waals surface area contributed by atoms with E-state index in [1.807, 2.05) is 0 Å². The van der Waals surface area contributed by atoms with Gasteiger partial charge >= 0.3 is 6.18 Å². The lowest BCUT2D eigenvalue weighted by Crippen LogP contribution is -2.39. The number of rotatable bonds is 4. The van der Waals surface area contributed by atoms with Crippen molar-refractivity contribution in [3.8, 4) is 5.75 Å². The van der Waals surface area contributed by atoms with Crippen LogP contribution in [0.2, 0.25) is 0 Å². The minimum atomic E-state index is -4.79. The van der Waals surface area contributed by atoms with E-state index >= 15 is 0 Å². The van der Waals surface area contributed by atoms with Gasteiger partial charge in [-0.2, -0.15) is 13.2 Å². The topological polar surface area (TPSA) is 55.5 Å². The fourth-order valence-corrected chi connectivity index (χ4v) is 2.26. The first-order chi connectivity index (χ1) is 9.86. The van der Waals surface area contributed by atoms with E-state index in [-0.39, 0.29) is 23.7 Å². The normalized spacial score (nSPS) is 14.3. The first kappa shape index (κ1) is 18.5. The number of ether oxygens (including phenoxy) is 1. The Morgan fingerprint density at radius 3 is 2.41 bits per heavy atom. The molecule has 0 amide bonds. The lowest BCUT2D eigenvalue weighted by Gasteiger charge is -2.25. The summed E-state index contributed by atoms with van der Waals surface area (Å²) in [6.07, 6.45) is -7.44. The van der Waals surface area contributed by atoms with Crippen LogP contribution in [-0.4, -0.2) is 24.0 Å². The van der Waals surface area contributed by atoms with Gasteiger partial charge < -0.3 is 15.6 Å². The highest BCUT2D eigenvalue weighted by molar-refractivity contribution is 5.88. The molecule has 7 heteroatoms. The minimum Gasteiger partial charge on any atom is -0.494 e. The number of halogens is 4. The molecule has 0 radical (unpaired) electrons. The molecule has 22 heavy (non-hydrogen) atoms. The van der Waals surface area contributed by atoms with Gasteiger partial charge in [0, 0.05) is 5.56 Å². The number of aliphatic hydroxyl groups excluding tert-OH is 1. The number of benzene rings is 2. The maximum absolute atomic E-state index is 12.7. The van der Waals surface area contributed by atoms with Crippen LogP contribution in [0.5, 0.6) is 5.75 Å². The molecule has 0 heterocycles. The second kappa shape index (κ2) is 7.17. The highest BCUT2D eigenvalue weighted by atomic mass is 35.5. The van der Waals surface area contributed by atoms with Crippen molar-refractivity contribution in [1.82, 2.24) is 0 Å². The van der Waals surface area contributed by atoms with Crippen molar-refractivity contribution in [2.24, 2.45) is 5.73 Å². The molecule has 0 aromatic heterocycles. The Morgan fingerprint density at radius 1 is 1.18 bits per heavy atom. The van der Waals surface area contributed by atoms with Gasteiger partial charge in [-0.25, -0.2) is 0 Å². The van der Waals surface area contributed by atoms with Gasteiger partial charge in [-0.1, -0.05) is 30.3 Å². The van der Waals surface area contributed by atoms with Crippen molar-refractivity contribution < 1.29 is 23.0 Å². The largest absolute Gasteiger partial charge is 0.494 e. The summed E-state index contributed by atoms with van der Waals surface area (Å²) in [6.45, 7) is 2.02. The van der Waals surface area contributed by atoms with Crippen LogP contribution < -0.4 is 10.5 Å². The average Bonchev–Trinajstić information content (AvgIpc) is 2.45. The van der Waals surface area contributed by atoms with Crippen LogP contribution >= 0.6 is 12.4 Å². The Kier molecular flexibility index (Phi) is 6.05. The van der Waals surface area contributed by atoms with E-state index in [1.165, 1.54) is 0 Å². The molecule has 0 aliphatic heterocycles. The molecule has 3 N–H and O–H groups in total. The van der Waals surface area contributed by atoms with Crippen LogP contribution in [0.15, 0.2) is 36.4 Å². The third-order valence-electron chi connectivity index (χ3n) is 3.24. The molecule has 0 fully saturated rings. The van der Waals surface area contributed by atoms with Crippen molar-refractivity contribution in [1.29, 1.82) is 0 Å². The molecular formula is C15H17ClF3NO2. The van der Waals surface area contributed by atoms with Crippen LogP contribution in [-0.2, 0) is 0 Å². The SMILES string of the molecule is CCOc1ccc2ccccc2c1[C@H](N)[C@H](O)C(F)(F)F.Cl. The number of hydrogen-bond donors (Lipinski definition) is 2. The Labute approximate surface area is 132 Å². The van der Waals surface area contributed by atoms with Gasteiger partial charge in [0.2, 0.25) is 0 Å². The van der Waals surface area contributed by atoms with Gasteiger partial charge in [0.1, 0.15) is 5.75 Å². The lowest BCUT2D eigenvalue weighted by molar-refractivity contribution is -0.210. The Morgan fingerprint density at radius 2 is 1.82 bits per heavy atom. The highest BCUT2D eigenvalue weighted by Crippen LogP contribution is 2.37. The molecule has 2 aromatic carbocycles. The summed E-state index contributed by atoms with van der Waals surface area (Å²) in [7, 11) is 0. The molecule has 2 aromatic rings. The van der Waals surface area contributed by atoms with Crippen LogP contribution in [0, 0.1) is 0 Å². The van der Waals surface area contributed by atoms with Gasteiger partial charge in [-0.3, -0.25) is 0 Å². The smallest absolute Gasteiger partial charge is 0.416 e. The van der Waals surface area contributed by atoms with E-state index in [2.05, 4.69) is 0 Å². The van der Waals surface area contributed by atoms with Gasteiger partial charge in [0.25, 0.3) is 0 Å². The molecule has 2 rings (SSSR count). The predicted molar refractivity (Wildman–Crippen MR) is 81.4 cm³/mol. The third-order valence-corrected chi connectivity index (χ3v) is 3.24. The highest BCUT2D eigenvalue weighted by Gasteiger charge is 2.43. The van der Waals surface area contributed by atoms with Crippen LogP contribution in [0.1, 0.15) is 18.5 Å². The van der Waals surface area contributed by atoms with Crippen molar-refractivity contribution in [2.75, 3.05) is 6.61 Å². The zero-order valence-electron chi connectivity index (χ0n) is 11.8. The number of fused-ring (bicyclic) bond motifs is 1. The van der Waals surface area contributed by atoms with E-state index in [9.17, 15) is 18.3 Å². The molecule has 0 saturated heterocycles. The van der Waals surface area contributed by atoms with Crippen molar-refractivity contribution in [3.63, 3.8) is 0 Å². The summed E-state index contributed by atoms with van der Waals surface area (Å²) in [5.41, 5.74) is 5.84. The first-order valence-corrected chi connectivity index (χ1v) is 6.51. The van der Waals surface area contributed by atoms with Gasteiger partial charge in [-0.15, -0.1) is 12.4 Å². The van der Waals surface area contributed by atoms with Crippen LogP contribution in [0.25, 0.3) is 10.8 Å². The molecular weight excluding hydrogens is 319 g/mol. The zero-order valence-corrected chi connectivity index (χ0v) is 12.6. The number of hydrogen-bond acceptors (Lipinski definition) is 3. The summed E-state index contributed by atoms with van der Waals surface area (Å²) in [5.74, 6) is 0.256. The summed E-state index contributed by atoms with van der Waals surface area (Å²) in [4.78, 5) is 0. The van der Waals surface area contributed by atoms with Crippen molar-refractivity contribution in [2.45, 2.75) is 25.2 Å². The molecule has 0 saturated carbocycles. The standard InChI is InChI=1S/C15H16F3NO2.ClH/c1-2-21-11-8-7-9-5-3-4-6-10(9)12(11)13(19)14(20)15(16,17)18;/h3-8,13-14,20H,2,19H2,1H3;1H/t13-,14-;/m0./s1. The fraction of sp³-hybridized carbons (Fsp3) is 0.333. The fourth-order valence-electron chi connectivity index (χ4n) is 2.26. The molecule has 0 unspecified atom stereocenters. The second-order valence-corrected chi connectivity index (χ2v) is 4.64. The predicted octanol–water partition coefficient (Wildman–Crippen LogP) is 3.58. The number of alkyl halides is 3. The van der Waals surface area contributed by atoms with Gasteiger partial charge in [0.05, 0.1) is 12.6 Å². The van der Waals surface area contributed by atoms with E-state index < -0.39 is 18.3 Å². The summed E-state index contributed by atoms with van der Waals surface area (Å²) >= 11 is 0. The van der Waals surface area contributed by atoms with E-state index in [4.69, 9.17) is 10.5 Å². The summed E-state index contributed by atoms with van der Waals surface area (Å²) in [6, 6.07) is 8.61. The monoisotopic (exact) mass is 335 g/mol. The van der Waals surface area contributed by atoms with E-state index in [0.29, 0.717) is 12.0 Å². The second-order valence-electron chi connectivity index (χ2n) is 4.64. The summed E-state index contributed by atoms with van der Waals surface area (Å²) in [5, 5.41) is 10.7. The molecule has 2 atom stereocenters. The molecule has 3 nitrogen and oxygen atoms in total. The maximum Gasteiger partial charge on any atom is 0.416 e. The molecule has 0 bridgehead atoms. The molecule has 0 spiro atoms. The van der Waals surface area contributed by atoms with Gasteiger partial charge in [0.15, 0.2) is 6.10 Å².